The maximum atomic E-state index is 13.1. The SMILES string of the molecule is C=C(Cl)COC(=O)[C@]12CCC(=O)N1c1ccccc1C(=O)N2C(C)C. The second-order valence-corrected chi connectivity index (χ2v) is 6.96. The van der Waals surface area contributed by atoms with Crippen LogP contribution in [0.25, 0.3) is 0 Å². The van der Waals surface area contributed by atoms with Gasteiger partial charge < -0.3 is 9.64 Å². The maximum absolute atomic E-state index is 13.1. The molecule has 0 spiro atoms. The van der Waals surface area contributed by atoms with Gasteiger partial charge in [0, 0.05) is 23.9 Å². The quantitative estimate of drug-likeness (QED) is 0.772. The monoisotopic (exact) mass is 362 g/mol. The normalized spacial score (nSPS) is 22.1. The van der Waals surface area contributed by atoms with Crippen molar-refractivity contribution in [3.05, 3.63) is 41.4 Å². The van der Waals surface area contributed by atoms with E-state index >= 15 is 0 Å². The van der Waals surface area contributed by atoms with Crippen LogP contribution in [0.15, 0.2) is 35.9 Å². The van der Waals surface area contributed by atoms with Gasteiger partial charge >= 0.3 is 5.97 Å². The van der Waals surface area contributed by atoms with E-state index in [1.807, 2.05) is 13.8 Å². The zero-order valence-corrected chi connectivity index (χ0v) is 14.9. The largest absolute Gasteiger partial charge is 0.457 e. The van der Waals surface area contributed by atoms with E-state index in [4.69, 9.17) is 16.3 Å². The summed E-state index contributed by atoms with van der Waals surface area (Å²) >= 11 is 5.71. The molecule has 0 saturated carbocycles. The molecule has 0 unspecified atom stereocenters. The number of rotatable bonds is 4. The van der Waals surface area contributed by atoms with Gasteiger partial charge in [0.2, 0.25) is 11.6 Å². The van der Waals surface area contributed by atoms with Gasteiger partial charge in [-0.2, -0.15) is 0 Å². The number of halogens is 1. The lowest BCUT2D eigenvalue weighted by atomic mass is 9.95. The first-order valence-electron chi connectivity index (χ1n) is 8.07. The predicted octanol–water partition coefficient (Wildman–Crippen LogP) is 2.67. The Bertz CT molecular complexity index is 776. The molecule has 0 radical (unpaired) electrons. The Morgan fingerprint density at radius 3 is 2.68 bits per heavy atom. The summed E-state index contributed by atoms with van der Waals surface area (Å²) in [4.78, 5) is 41.6. The van der Waals surface area contributed by atoms with Crippen LogP contribution in [-0.2, 0) is 14.3 Å². The number of carbonyl (C=O) groups is 3. The van der Waals surface area contributed by atoms with Crippen molar-refractivity contribution in [2.75, 3.05) is 11.5 Å². The average Bonchev–Trinajstić information content (AvgIpc) is 2.91. The second kappa shape index (κ2) is 6.19. The molecular weight excluding hydrogens is 344 g/mol. The highest BCUT2D eigenvalue weighted by atomic mass is 35.5. The summed E-state index contributed by atoms with van der Waals surface area (Å²) in [5.41, 5.74) is -0.645. The summed E-state index contributed by atoms with van der Waals surface area (Å²) in [5.74, 6) is -1.18. The Morgan fingerprint density at radius 1 is 1.36 bits per heavy atom. The molecule has 7 heteroatoms. The summed E-state index contributed by atoms with van der Waals surface area (Å²) in [7, 11) is 0. The molecule has 1 saturated heterocycles. The van der Waals surface area contributed by atoms with Gasteiger partial charge in [-0.05, 0) is 26.0 Å². The third-order valence-corrected chi connectivity index (χ3v) is 4.61. The number of benzene rings is 1. The molecule has 0 N–H and O–H groups in total. The van der Waals surface area contributed by atoms with Crippen molar-refractivity contribution < 1.29 is 19.1 Å². The van der Waals surface area contributed by atoms with E-state index in [1.54, 1.807) is 24.3 Å². The fourth-order valence-corrected chi connectivity index (χ4v) is 3.69. The van der Waals surface area contributed by atoms with Crippen molar-refractivity contribution >= 4 is 35.1 Å². The Labute approximate surface area is 151 Å². The van der Waals surface area contributed by atoms with Crippen molar-refractivity contribution in [1.82, 2.24) is 4.90 Å². The summed E-state index contributed by atoms with van der Waals surface area (Å²) in [6.07, 6.45) is 0.333. The number of hydrogen-bond acceptors (Lipinski definition) is 4. The Kier molecular flexibility index (Phi) is 4.33. The predicted molar refractivity (Wildman–Crippen MR) is 93.2 cm³/mol. The maximum Gasteiger partial charge on any atom is 0.354 e. The summed E-state index contributed by atoms with van der Waals surface area (Å²) in [5, 5.41) is 0.166. The molecule has 6 nitrogen and oxygen atoms in total. The Hall–Kier alpha value is -2.34. The van der Waals surface area contributed by atoms with E-state index in [9.17, 15) is 14.4 Å². The van der Waals surface area contributed by atoms with Crippen LogP contribution in [0.3, 0.4) is 0 Å². The van der Waals surface area contributed by atoms with Crippen molar-refractivity contribution in [3.63, 3.8) is 0 Å². The summed E-state index contributed by atoms with van der Waals surface area (Å²) < 4.78 is 5.28. The molecule has 25 heavy (non-hydrogen) atoms. The van der Waals surface area contributed by atoms with E-state index in [1.165, 1.54) is 9.80 Å². The van der Waals surface area contributed by atoms with E-state index < -0.39 is 11.6 Å². The number of esters is 1. The number of anilines is 1. The molecule has 0 aromatic heterocycles. The zero-order chi connectivity index (χ0) is 18.4. The highest BCUT2D eigenvalue weighted by Crippen LogP contribution is 2.45. The number of carbonyl (C=O) groups excluding carboxylic acids is 3. The molecular formula is C18H19ClN2O4. The van der Waals surface area contributed by atoms with Crippen molar-refractivity contribution in [2.45, 2.75) is 38.4 Å². The van der Waals surface area contributed by atoms with E-state index in [-0.39, 0.29) is 42.3 Å². The molecule has 3 rings (SSSR count). The number of amides is 2. The Balaban J connectivity index is 2.18. The molecule has 1 aromatic rings. The van der Waals surface area contributed by atoms with Gasteiger partial charge in [0.05, 0.1) is 11.3 Å². The lowest BCUT2D eigenvalue weighted by molar-refractivity contribution is -0.157. The molecule has 2 aliphatic heterocycles. The molecule has 1 atom stereocenters. The molecule has 2 heterocycles. The molecule has 1 fully saturated rings. The average molecular weight is 363 g/mol. The first-order valence-corrected chi connectivity index (χ1v) is 8.44. The summed E-state index contributed by atoms with van der Waals surface area (Å²) in [6, 6.07) is 6.50. The molecule has 0 bridgehead atoms. The van der Waals surface area contributed by atoms with Crippen LogP contribution < -0.4 is 4.90 Å². The van der Waals surface area contributed by atoms with Gasteiger partial charge in [-0.3, -0.25) is 14.5 Å². The first-order chi connectivity index (χ1) is 11.8. The van der Waals surface area contributed by atoms with E-state index in [0.29, 0.717) is 11.3 Å². The lowest BCUT2D eigenvalue weighted by Gasteiger charge is -2.50. The number of hydrogen-bond donors (Lipinski definition) is 0. The highest BCUT2D eigenvalue weighted by Gasteiger charge is 2.62. The lowest BCUT2D eigenvalue weighted by Crippen LogP contribution is -2.70. The van der Waals surface area contributed by atoms with E-state index in [0.717, 1.165) is 0 Å². The van der Waals surface area contributed by atoms with Crippen LogP contribution in [-0.4, -0.2) is 41.0 Å². The Morgan fingerprint density at radius 2 is 2.04 bits per heavy atom. The van der Waals surface area contributed by atoms with Crippen molar-refractivity contribution in [2.24, 2.45) is 0 Å². The molecule has 132 valence electrons. The van der Waals surface area contributed by atoms with Crippen molar-refractivity contribution in [3.8, 4) is 0 Å². The minimum atomic E-state index is -1.48. The van der Waals surface area contributed by atoms with Crippen LogP contribution in [0.1, 0.15) is 37.0 Å². The van der Waals surface area contributed by atoms with Gasteiger partial charge in [-0.25, -0.2) is 4.79 Å². The second-order valence-electron chi connectivity index (χ2n) is 6.43. The highest BCUT2D eigenvalue weighted by molar-refractivity contribution is 6.29. The standard InChI is InChI=1S/C18H19ClN2O4/c1-11(2)20-16(23)13-6-4-5-7-14(13)21-15(22)8-9-18(20,21)17(24)25-10-12(3)19/h4-7,11H,3,8-10H2,1-2H3/t18-/m0/s1. The number of ether oxygens (including phenoxy) is 1. The smallest absolute Gasteiger partial charge is 0.354 e. The molecule has 2 aliphatic rings. The minimum Gasteiger partial charge on any atom is -0.457 e. The van der Waals surface area contributed by atoms with Gasteiger partial charge in [0.15, 0.2) is 0 Å². The number of fused-ring (bicyclic) bond motifs is 3. The minimum absolute atomic E-state index is 0.155. The topological polar surface area (TPSA) is 66.9 Å². The number of nitrogens with zero attached hydrogens (tertiary/aromatic N) is 2. The van der Waals surface area contributed by atoms with Gasteiger partial charge in [0.25, 0.3) is 5.91 Å². The van der Waals surface area contributed by atoms with Crippen LogP contribution in [0.2, 0.25) is 0 Å². The van der Waals surface area contributed by atoms with Gasteiger partial charge in [-0.15, -0.1) is 0 Å². The molecule has 2 amide bonds. The fraction of sp³-hybridized carbons (Fsp3) is 0.389. The van der Waals surface area contributed by atoms with Crippen LogP contribution >= 0.6 is 11.6 Å². The van der Waals surface area contributed by atoms with Gasteiger partial charge in [0.1, 0.15) is 6.61 Å². The van der Waals surface area contributed by atoms with Crippen molar-refractivity contribution in [1.29, 1.82) is 0 Å². The van der Waals surface area contributed by atoms with Gasteiger partial charge in [-0.1, -0.05) is 30.3 Å². The summed E-state index contributed by atoms with van der Waals surface area (Å²) in [6.45, 7) is 6.94. The van der Waals surface area contributed by atoms with Crippen LogP contribution in [0.5, 0.6) is 0 Å². The van der Waals surface area contributed by atoms with Crippen LogP contribution in [0, 0.1) is 0 Å². The third kappa shape index (κ3) is 2.52. The zero-order valence-electron chi connectivity index (χ0n) is 14.1. The number of para-hydroxylation sites is 1. The van der Waals surface area contributed by atoms with Crippen LogP contribution in [0.4, 0.5) is 5.69 Å². The fourth-order valence-electron chi connectivity index (χ4n) is 3.63. The van der Waals surface area contributed by atoms with E-state index in [2.05, 4.69) is 6.58 Å². The first kappa shape index (κ1) is 17.5. The third-order valence-electron chi connectivity index (χ3n) is 4.50. The molecule has 0 aliphatic carbocycles. The molecule has 1 aromatic carbocycles.